The SMILES string of the molecule is CCC.CO.[Mn].[c-]1ccccc1. The average Bonchev–Trinajstić information content (AvgIpc) is 2.12. The average molecular weight is 208 g/mol. The van der Waals surface area contributed by atoms with Gasteiger partial charge in [0.15, 0.2) is 0 Å². The number of hydrogen-bond donors (Lipinski definition) is 1. The van der Waals surface area contributed by atoms with Crippen LogP contribution in [-0.2, 0) is 17.1 Å². The van der Waals surface area contributed by atoms with E-state index in [1.807, 2.05) is 30.3 Å². The van der Waals surface area contributed by atoms with E-state index in [1.165, 1.54) is 6.42 Å². The van der Waals surface area contributed by atoms with Gasteiger partial charge in [-0.1, -0.05) is 20.3 Å². The van der Waals surface area contributed by atoms with Gasteiger partial charge in [-0.25, -0.2) is 0 Å². The Hall–Kier alpha value is -0.301. The van der Waals surface area contributed by atoms with Gasteiger partial charge in [0.1, 0.15) is 0 Å². The predicted molar refractivity (Wildman–Crippen MR) is 49.4 cm³/mol. The minimum atomic E-state index is 0. The van der Waals surface area contributed by atoms with E-state index >= 15 is 0 Å². The quantitative estimate of drug-likeness (QED) is 0.513. The van der Waals surface area contributed by atoms with Crippen LogP contribution in [0.15, 0.2) is 30.3 Å². The normalized spacial score (nSPS) is 6.00. The third-order valence-electron chi connectivity index (χ3n) is 0.607. The van der Waals surface area contributed by atoms with Crippen molar-refractivity contribution in [1.29, 1.82) is 0 Å². The van der Waals surface area contributed by atoms with Crippen LogP contribution in [0.4, 0.5) is 0 Å². The minimum Gasteiger partial charge on any atom is -0.400 e. The first-order chi connectivity index (χ1) is 5.41. The van der Waals surface area contributed by atoms with Crippen molar-refractivity contribution in [2.45, 2.75) is 20.3 Å². The van der Waals surface area contributed by atoms with Gasteiger partial charge in [-0.2, -0.15) is 36.4 Å². The molecule has 0 amide bonds. The zero-order valence-electron chi connectivity index (χ0n) is 7.92. The molecule has 0 aliphatic heterocycles. The number of hydrogen-bond acceptors (Lipinski definition) is 1. The van der Waals surface area contributed by atoms with Crippen LogP contribution >= 0.6 is 0 Å². The van der Waals surface area contributed by atoms with Crippen molar-refractivity contribution in [3.05, 3.63) is 36.4 Å². The third-order valence-corrected chi connectivity index (χ3v) is 0.607. The smallest absolute Gasteiger partial charge is 0.0319 e. The summed E-state index contributed by atoms with van der Waals surface area (Å²) in [5.41, 5.74) is 0. The van der Waals surface area contributed by atoms with Crippen molar-refractivity contribution in [3.63, 3.8) is 0 Å². The molecule has 0 spiro atoms. The van der Waals surface area contributed by atoms with E-state index in [4.69, 9.17) is 5.11 Å². The second-order valence-corrected chi connectivity index (χ2v) is 1.78. The molecule has 0 heterocycles. The first-order valence-electron chi connectivity index (χ1n) is 3.77. The first-order valence-corrected chi connectivity index (χ1v) is 3.77. The summed E-state index contributed by atoms with van der Waals surface area (Å²) in [4.78, 5) is 0. The van der Waals surface area contributed by atoms with Crippen LogP contribution in [-0.4, -0.2) is 12.2 Å². The molecular weight excluding hydrogens is 191 g/mol. The molecule has 2 heteroatoms. The monoisotopic (exact) mass is 208 g/mol. The van der Waals surface area contributed by atoms with E-state index in [-0.39, 0.29) is 17.1 Å². The van der Waals surface area contributed by atoms with Gasteiger partial charge in [-0.3, -0.25) is 0 Å². The maximum Gasteiger partial charge on any atom is 0.0319 e. The van der Waals surface area contributed by atoms with E-state index in [1.54, 1.807) is 0 Å². The van der Waals surface area contributed by atoms with Gasteiger partial charge < -0.3 is 5.11 Å². The molecule has 0 bridgehead atoms. The van der Waals surface area contributed by atoms with E-state index in [0.29, 0.717) is 0 Å². The minimum absolute atomic E-state index is 0. The second-order valence-electron chi connectivity index (χ2n) is 1.78. The van der Waals surface area contributed by atoms with Gasteiger partial charge >= 0.3 is 0 Å². The van der Waals surface area contributed by atoms with Crippen molar-refractivity contribution in [1.82, 2.24) is 0 Å². The molecule has 1 radical (unpaired) electrons. The topological polar surface area (TPSA) is 20.2 Å². The van der Waals surface area contributed by atoms with Gasteiger partial charge in [0.05, 0.1) is 0 Å². The fourth-order valence-electron chi connectivity index (χ4n) is 0.342. The molecule has 1 aromatic carbocycles. The van der Waals surface area contributed by atoms with E-state index in [9.17, 15) is 0 Å². The summed E-state index contributed by atoms with van der Waals surface area (Å²) in [6.45, 7) is 4.25. The predicted octanol–water partition coefficient (Wildman–Crippen LogP) is 2.51. The Morgan fingerprint density at radius 3 is 1.42 bits per heavy atom. The Labute approximate surface area is 86.3 Å². The van der Waals surface area contributed by atoms with Crippen LogP contribution in [0.25, 0.3) is 0 Å². The van der Waals surface area contributed by atoms with E-state index < -0.39 is 0 Å². The van der Waals surface area contributed by atoms with Gasteiger partial charge in [-0.15, -0.1) is 0 Å². The Morgan fingerprint density at radius 1 is 1.00 bits per heavy atom. The van der Waals surface area contributed by atoms with Crippen molar-refractivity contribution in [3.8, 4) is 0 Å². The standard InChI is InChI=1S/C6H5.C3H8.CH4O.Mn/c1-2-4-6-5-3-1;1-3-2;1-2;/h1-5H;3H2,1-2H3;2H,1H3;/q-1;;;. The van der Waals surface area contributed by atoms with Crippen molar-refractivity contribution >= 4 is 0 Å². The number of aliphatic hydroxyl groups excluding tert-OH is 1. The zero-order valence-corrected chi connectivity index (χ0v) is 9.10. The molecule has 0 saturated carbocycles. The second kappa shape index (κ2) is 22.4. The molecule has 12 heavy (non-hydrogen) atoms. The van der Waals surface area contributed by atoms with Gasteiger partial charge in [0.2, 0.25) is 0 Å². The maximum atomic E-state index is 7.00. The summed E-state index contributed by atoms with van der Waals surface area (Å²) in [7, 11) is 1.00. The Kier molecular flexibility index (Phi) is 33.1. The summed E-state index contributed by atoms with van der Waals surface area (Å²) in [6, 6.07) is 12.5. The Morgan fingerprint density at radius 2 is 1.33 bits per heavy atom. The molecule has 0 saturated heterocycles. The number of benzene rings is 1. The first kappa shape index (κ1) is 17.7. The van der Waals surface area contributed by atoms with Crippen molar-refractivity contribution < 1.29 is 22.2 Å². The molecule has 1 aromatic rings. The molecule has 0 atom stereocenters. The summed E-state index contributed by atoms with van der Waals surface area (Å²) in [5.74, 6) is 0. The summed E-state index contributed by atoms with van der Waals surface area (Å²) >= 11 is 0. The van der Waals surface area contributed by atoms with Gasteiger partial charge in [0, 0.05) is 24.2 Å². The molecular formula is C10H17MnO-. The summed E-state index contributed by atoms with van der Waals surface area (Å²) in [5, 5.41) is 7.00. The van der Waals surface area contributed by atoms with Gasteiger partial charge in [-0.05, 0) is 0 Å². The molecule has 0 unspecified atom stereocenters. The van der Waals surface area contributed by atoms with Crippen molar-refractivity contribution in [2.75, 3.05) is 7.11 Å². The largest absolute Gasteiger partial charge is 0.400 e. The Bertz CT molecular complexity index is 92.7. The molecule has 0 fully saturated rings. The molecule has 0 aromatic heterocycles. The van der Waals surface area contributed by atoms with Crippen molar-refractivity contribution in [2.24, 2.45) is 0 Å². The third kappa shape index (κ3) is 22.6. The Balaban J connectivity index is -0.000000119. The van der Waals surface area contributed by atoms with E-state index in [0.717, 1.165) is 7.11 Å². The maximum absolute atomic E-state index is 7.00. The fourth-order valence-corrected chi connectivity index (χ4v) is 0.342. The van der Waals surface area contributed by atoms with Crippen LogP contribution in [0, 0.1) is 6.07 Å². The number of rotatable bonds is 0. The zero-order chi connectivity index (χ0) is 8.95. The molecule has 1 rings (SSSR count). The fraction of sp³-hybridized carbons (Fsp3) is 0.400. The van der Waals surface area contributed by atoms with Crippen LogP contribution in [0.3, 0.4) is 0 Å². The number of aliphatic hydroxyl groups is 1. The molecule has 0 aliphatic carbocycles. The van der Waals surface area contributed by atoms with Gasteiger partial charge in [0.25, 0.3) is 0 Å². The van der Waals surface area contributed by atoms with Crippen LogP contribution in [0.1, 0.15) is 20.3 Å². The molecule has 1 N–H and O–H groups in total. The van der Waals surface area contributed by atoms with Crippen LogP contribution in [0.5, 0.6) is 0 Å². The van der Waals surface area contributed by atoms with Crippen LogP contribution in [0.2, 0.25) is 0 Å². The van der Waals surface area contributed by atoms with Crippen LogP contribution < -0.4 is 0 Å². The molecule has 1 nitrogen and oxygen atoms in total. The summed E-state index contributed by atoms with van der Waals surface area (Å²) in [6.07, 6.45) is 1.25. The molecule has 0 aliphatic rings. The van der Waals surface area contributed by atoms with E-state index in [2.05, 4.69) is 19.9 Å². The summed E-state index contributed by atoms with van der Waals surface area (Å²) < 4.78 is 0. The molecule has 71 valence electrons.